The van der Waals surface area contributed by atoms with Crippen LogP contribution in [0.25, 0.3) is 17.5 Å². The summed E-state index contributed by atoms with van der Waals surface area (Å²) in [6.45, 7) is 0. The van der Waals surface area contributed by atoms with Crippen LogP contribution in [-0.4, -0.2) is 45.8 Å². The third-order valence-corrected chi connectivity index (χ3v) is 7.23. The minimum atomic E-state index is -0.760. The lowest BCUT2D eigenvalue weighted by Crippen LogP contribution is -2.40. The number of hydrogen-bond donors (Lipinski definition) is 1. The van der Waals surface area contributed by atoms with Gasteiger partial charge in [0, 0.05) is 39.6 Å². The molecule has 0 radical (unpaired) electrons. The summed E-state index contributed by atoms with van der Waals surface area (Å²) < 4.78 is 7.12. The van der Waals surface area contributed by atoms with E-state index in [0.717, 1.165) is 28.3 Å². The minimum Gasteiger partial charge on any atom is -0.466 e. The van der Waals surface area contributed by atoms with Gasteiger partial charge in [-0.3, -0.25) is 9.36 Å². The number of ether oxygens (including phenoxy) is 1. The van der Waals surface area contributed by atoms with Crippen molar-refractivity contribution >= 4 is 46.2 Å². The molecule has 0 spiro atoms. The maximum atomic E-state index is 13.4. The average Bonchev–Trinajstić information content (AvgIpc) is 3.19. The van der Waals surface area contributed by atoms with Gasteiger partial charge in [0.15, 0.2) is 0 Å². The number of thiazole rings is 1. The van der Waals surface area contributed by atoms with E-state index in [9.17, 15) is 14.9 Å². The maximum Gasteiger partial charge on any atom is 0.337 e. The molecule has 4 rings (SSSR count). The molecular formula is C27H27N5O3S. The van der Waals surface area contributed by atoms with E-state index < -0.39 is 11.9 Å². The molecule has 1 atom stereocenters. The third kappa shape index (κ3) is 4.27. The highest BCUT2D eigenvalue weighted by Crippen LogP contribution is 2.37. The van der Waals surface area contributed by atoms with Gasteiger partial charge in [0.25, 0.3) is 5.56 Å². The molecule has 1 unspecified atom stereocenters. The zero-order chi connectivity index (χ0) is 26.1. The summed E-state index contributed by atoms with van der Waals surface area (Å²) in [5.41, 5.74) is 9.89. The molecule has 184 valence electrons. The number of benzene rings is 2. The second-order valence-corrected chi connectivity index (χ2v) is 9.81. The summed E-state index contributed by atoms with van der Waals surface area (Å²) in [5, 5.41) is 10.1. The molecule has 9 heteroatoms. The number of aromatic nitrogens is 1. The molecule has 0 saturated carbocycles. The zero-order valence-corrected chi connectivity index (χ0v) is 21.6. The Labute approximate surface area is 213 Å². The summed E-state index contributed by atoms with van der Waals surface area (Å²) in [6, 6.07) is 17.4. The van der Waals surface area contributed by atoms with E-state index >= 15 is 0 Å². The Kier molecular flexibility index (Phi) is 6.73. The Morgan fingerprint density at radius 3 is 2.11 bits per heavy atom. The number of esters is 1. The summed E-state index contributed by atoms with van der Waals surface area (Å²) in [6.07, 6.45) is 1.76. The fraction of sp³-hybridized carbons (Fsp3) is 0.222. The third-order valence-electron chi connectivity index (χ3n) is 6.12. The summed E-state index contributed by atoms with van der Waals surface area (Å²) in [7, 11) is 9.04. The lowest BCUT2D eigenvalue weighted by Gasteiger charge is -2.25. The average molecular weight is 502 g/mol. The van der Waals surface area contributed by atoms with Crippen LogP contribution in [0.15, 0.2) is 58.9 Å². The van der Waals surface area contributed by atoms with Crippen LogP contribution in [0.4, 0.5) is 11.4 Å². The quantitative estimate of drug-likeness (QED) is 0.530. The van der Waals surface area contributed by atoms with Crippen molar-refractivity contribution in [3.8, 4) is 6.07 Å². The first-order valence-electron chi connectivity index (χ1n) is 11.2. The minimum absolute atomic E-state index is 0.0192. The molecule has 36 heavy (non-hydrogen) atoms. The van der Waals surface area contributed by atoms with E-state index in [-0.39, 0.29) is 22.5 Å². The van der Waals surface area contributed by atoms with Gasteiger partial charge in [-0.1, -0.05) is 24.3 Å². The van der Waals surface area contributed by atoms with E-state index in [4.69, 9.17) is 10.5 Å². The van der Waals surface area contributed by atoms with Gasteiger partial charge < -0.3 is 20.3 Å². The molecule has 0 bridgehead atoms. The van der Waals surface area contributed by atoms with Gasteiger partial charge in [-0.05, 0) is 41.5 Å². The fourth-order valence-electron chi connectivity index (χ4n) is 4.17. The number of nitriles is 1. The second-order valence-electron chi connectivity index (χ2n) is 8.78. The van der Waals surface area contributed by atoms with Gasteiger partial charge >= 0.3 is 5.97 Å². The van der Waals surface area contributed by atoms with Crippen molar-refractivity contribution in [1.29, 1.82) is 5.26 Å². The first-order valence-corrected chi connectivity index (χ1v) is 12.0. The van der Waals surface area contributed by atoms with Crippen LogP contribution in [0.1, 0.15) is 17.0 Å². The molecular weight excluding hydrogens is 474 g/mol. The molecule has 0 amide bonds. The molecule has 8 nitrogen and oxygen atoms in total. The van der Waals surface area contributed by atoms with Crippen LogP contribution in [0.2, 0.25) is 0 Å². The van der Waals surface area contributed by atoms with Gasteiger partial charge in [-0.25, -0.2) is 4.79 Å². The molecule has 2 N–H and O–H groups in total. The highest BCUT2D eigenvalue weighted by molar-refractivity contribution is 7.07. The van der Waals surface area contributed by atoms with E-state index in [1.54, 1.807) is 6.08 Å². The van der Waals surface area contributed by atoms with Gasteiger partial charge in [0.05, 0.1) is 34.8 Å². The fourth-order valence-corrected chi connectivity index (χ4v) is 5.34. The molecule has 2 aromatic carbocycles. The number of nitrogens with zero attached hydrogens (tertiary/aromatic N) is 4. The van der Waals surface area contributed by atoms with Crippen LogP contribution in [0.5, 0.6) is 0 Å². The molecule has 0 aliphatic carbocycles. The van der Waals surface area contributed by atoms with E-state index in [1.165, 1.54) is 11.7 Å². The SMILES string of the molecule is COC(=O)C1=c2sc(=Cc3ccc(N(C)C)cc3)c(=O)n2C(N)=C(C#N)C1c1ccc(N(C)C)cc1. The number of methoxy groups -OCH3 is 1. The van der Waals surface area contributed by atoms with E-state index in [0.29, 0.717) is 14.8 Å². The molecule has 1 aromatic heterocycles. The van der Waals surface area contributed by atoms with Crippen molar-refractivity contribution in [1.82, 2.24) is 4.57 Å². The van der Waals surface area contributed by atoms with Gasteiger partial charge in [0.1, 0.15) is 10.5 Å². The number of fused-ring (bicyclic) bond motifs is 1. The van der Waals surface area contributed by atoms with Gasteiger partial charge in [0.2, 0.25) is 0 Å². The predicted molar refractivity (Wildman–Crippen MR) is 144 cm³/mol. The Hall–Kier alpha value is -4.29. The van der Waals surface area contributed by atoms with Crippen molar-refractivity contribution in [3.63, 3.8) is 0 Å². The standard InChI is InChI=1S/C27H27N5O3S/c1-30(2)18-10-6-16(7-11-18)14-21-25(33)32-24(29)20(15-28)22(23(26(32)36-21)27(34)35-5)17-8-12-19(13-9-17)31(3)4/h6-14,22H,29H2,1-5H3. The monoisotopic (exact) mass is 501 g/mol. The lowest BCUT2D eigenvalue weighted by atomic mass is 9.84. The van der Waals surface area contributed by atoms with Crippen LogP contribution in [0, 0.1) is 11.3 Å². The van der Waals surface area contributed by atoms with Crippen LogP contribution < -0.4 is 30.3 Å². The number of rotatable bonds is 5. The van der Waals surface area contributed by atoms with Gasteiger partial charge in [-0.15, -0.1) is 11.3 Å². The van der Waals surface area contributed by atoms with Crippen LogP contribution in [0.3, 0.4) is 0 Å². The van der Waals surface area contributed by atoms with Crippen molar-refractivity contribution in [2.24, 2.45) is 5.73 Å². The number of allylic oxidation sites excluding steroid dienone is 1. The van der Waals surface area contributed by atoms with Crippen molar-refractivity contribution in [3.05, 3.63) is 84.8 Å². The van der Waals surface area contributed by atoms with Crippen LogP contribution >= 0.6 is 11.3 Å². The Morgan fingerprint density at radius 2 is 1.61 bits per heavy atom. The summed E-state index contributed by atoms with van der Waals surface area (Å²) >= 11 is 1.16. The Balaban J connectivity index is 1.99. The molecule has 1 aliphatic heterocycles. The predicted octanol–water partition coefficient (Wildman–Crippen LogP) is 1.64. The molecule has 1 aliphatic rings. The number of carbonyl (C=O) groups excluding carboxylic acids is 1. The number of hydrogen-bond acceptors (Lipinski definition) is 8. The number of nitrogens with two attached hydrogens (primary N) is 1. The van der Waals surface area contributed by atoms with Crippen LogP contribution in [-0.2, 0) is 9.53 Å². The lowest BCUT2D eigenvalue weighted by molar-refractivity contribution is -0.134. The normalized spacial score (nSPS) is 15.4. The topological polar surface area (TPSA) is 105 Å². The van der Waals surface area contributed by atoms with Crippen molar-refractivity contribution in [2.75, 3.05) is 45.1 Å². The van der Waals surface area contributed by atoms with E-state index in [2.05, 4.69) is 6.07 Å². The second kappa shape index (κ2) is 9.76. The van der Waals surface area contributed by atoms with Gasteiger partial charge in [-0.2, -0.15) is 5.26 Å². The number of anilines is 2. The highest BCUT2D eigenvalue weighted by Gasteiger charge is 2.36. The molecule has 0 saturated heterocycles. The van der Waals surface area contributed by atoms with Crippen molar-refractivity contribution in [2.45, 2.75) is 5.92 Å². The summed E-state index contributed by atoms with van der Waals surface area (Å²) in [4.78, 5) is 30.4. The molecule has 2 heterocycles. The Bertz CT molecular complexity index is 1570. The molecule has 0 fully saturated rings. The number of carbonyl (C=O) groups is 1. The zero-order valence-electron chi connectivity index (χ0n) is 20.8. The first kappa shape index (κ1) is 24.8. The summed E-state index contributed by atoms with van der Waals surface area (Å²) in [5.74, 6) is -1.36. The Morgan fingerprint density at radius 1 is 1.06 bits per heavy atom. The molecule has 3 aromatic rings. The largest absolute Gasteiger partial charge is 0.466 e. The maximum absolute atomic E-state index is 13.4. The highest BCUT2D eigenvalue weighted by atomic mass is 32.1. The van der Waals surface area contributed by atoms with Crippen molar-refractivity contribution < 1.29 is 9.53 Å². The first-order chi connectivity index (χ1) is 17.2. The van der Waals surface area contributed by atoms with E-state index in [1.807, 2.05) is 86.5 Å². The smallest absolute Gasteiger partial charge is 0.337 e.